The summed E-state index contributed by atoms with van der Waals surface area (Å²) < 4.78 is 0. The first-order valence-corrected chi connectivity index (χ1v) is 4.63. The third kappa shape index (κ3) is 1.50. The first-order valence-electron chi connectivity index (χ1n) is 4.22. The summed E-state index contributed by atoms with van der Waals surface area (Å²) >= 11 is 4.85. The lowest BCUT2D eigenvalue weighted by Gasteiger charge is -2.09. The second kappa shape index (κ2) is 3.27. The van der Waals surface area contributed by atoms with Crippen molar-refractivity contribution in [3.8, 4) is 0 Å². The van der Waals surface area contributed by atoms with Gasteiger partial charge >= 0.3 is 0 Å². The molecule has 0 unspecified atom stereocenters. The summed E-state index contributed by atoms with van der Waals surface area (Å²) in [6.07, 6.45) is 8.91. The number of aliphatic imine (C=N–C) groups is 2. The summed E-state index contributed by atoms with van der Waals surface area (Å²) in [7, 11) is 0. The Morgan fingerprint density at radius 3 is 2.83 bits per heavy atom. The Bertz CT molecular complexity index is 300. The van der Waals surface area contributed by atoms with Crippen molar-refractivity contribution in [1.29, 1.82) is 0 Å². The van der Waals surface area contributed by atoms with Gasteiger partial charge in [0.25, 0.3) is 0 Å². The molecule has 0 spiro atoms. The highest BCUT2D eigenvalue weighted by molar-refractivity contribution is 7.80. The van der Waals surface area contributed by atoms with E-state index in [2.05, 4.69) is 16.1 Å². The summed E-state index contributed by atoms with van der Waals surface area (Å²) in [6.45, 7) is 0. The minimum absolute atomic E-state index is 0.469. The topological polar surface area (TPSA) is 24.7 Å². The first-order chi connectivity index (χ1) is 5.86. The van der Waals surface area contributed by atoms with Crippen LogP contribution < -0.4 is 0 Å². The van der Waals surface area contributed by atoms with Crippen LogP contribution in [0.2, 0.25) is 0 Å². The summed E-state index contributed by atoms with van der Waals surface area (Å²) in [6, 6.07) is 0. The van der Waals surface area contributed by atoms with Crippen molar-refractivity contribution in [3.05, 3.63) is 11.6 Å². The number of hydrogen-bond acceptors (Lipinski definition) is 1. The molecule has 3 heteroatoms. The fraction of sp³-hybridized carbons (Fsp3) is 0.444. The zero-order valence-corrected chi connectivity index (χ0v) is 7.60. The van der Waals surface area contributed by atoms with Crippen LogP contribution >= 0.6 is 12.2 Å². The highest BCUT2D eigenvalue weighted by atomic mass is 32.1. The summed E-state index contributed by atoms with van der Waals surface area (Å²) in [5.74, 6) is 0. The molecule has 1 heterocycles. The molecule has 0 radical (unpaired) electrons. The molecule has 2 rings (SSSR count). The van der Waals surface area contributed by atoms with Gasteiger partial charge in [-0.05, 0) is 43.5 Å². The number of hydrogen-bond donors (Lipinski definition) is 0. The molecule has 1 aliphatic heterocycles. The summed E-state index contributed by atoms with van der Waals surface area (Å²) in [5.41, 5.74) is 2.31. The molecule has 62 valence electrons. The zero-order valence-electron chi connectivity index (χ0n) is 6.79. The van der Waals surface area contributed by atoms with Crippen molar-refractivity contribution < 1.29 is 0 Å². The Morgan fingerprint density at radius 1 is 1.33 bits per heavy atom. The molecule has 0 atom stereocenters. The molecule has 0 amide bonds. The lowest BCUT2D eigenvalue weighted by atomic mass is 9.96. The van der Waals surface area contributed by atoms with E-state index in [0.717, 1.165) is 12.1 Å². The average molecular weight is 178 g/mol. The van der Waals surface area contributed by atoms with E-state index in [0.29, 0.717) is 5.11 Å². The third-order valence-corrected chi connectivity index (χ3v) is 2.33. The molecule has 0 saturated carbocycles. The molecule has 2 aliphatic rings. The molecule has 0 N–H and O–H groups in total. The number of allylic oxidation sites excluding steroid dienone is 2. The van der Waals surface area contributed by atoms with E-state index >= 15 is 0 Å². The second-order valence-electron chi connectivity index (χ2n) is 3.01. The van der Waals surface area contributed by atoms with Gasteiger partial charge in [-0.3, -0.25) is 0 Å². The lowest BCUT2D eigenvalue weighted by Crippen LogP contribution is -2.04. The standard InChI is InChI=1S/C9H10N2S/c12-9-10-6-8(11-9)7-4-2-1-3-5-7/h4,6H,1-3,5H2. The van der Waals surface area contributed by atoms with Crippen molar-refractivity contribution in [3.63, 3.8) is 0 Å². The Kier molecular flexibility index (Phi) is 2.13. The molecule has 0 bridgehead atoms. The van der Waals surface area contributed by atoms with Crippen molar-refractivity contribution in [1.82, 2.24) is 0 Å². The van der Waals surface area contributed by atoms with Gasteiger partial charge in [-0.1, -0.05) is 6.08 Å². The van der Waals surface area contributed by atoms with Crippen LogP contribution in [-0.4, -0.2) is 17.0 Å². The largest absolute Gasteiger partial charge is 0.225 e. The van der Waals surface area contributed by atoms with Gasteiger partial charge in [-0.2, -0.15) is 0 Å². The molecule has 1 aliphatic carbocycles. The molecule has 0 aromatic carbocycles. The lowest BCUT2D eigenvalue weighted by molar-refractivity contribution is 0.718. The quantitative estimate of drug-likeness (QED) is 0.565. The van der Waals surface area contributed by atoms with Gasteiger partial charge in [0.1, 0.15) is 0 Å². The van der Waals surface area contributed by atoms with E-state index in [1.54, 1.807) is 6.21 Å². The van der Waals surface area contributed by atoms with Crippen molar-refractivity contribution in [2.24, 2.45) is 9.98 Å². The van der Waals surface area contributed by atoms with E-state index in [1.165, 1.54) is 24.8 Å². The first kappa shape index (κ1) is 7.80. The van der Waals surface area contributed by atoms with E-state index in [1.807, 2.05) is 0 Å². The average Bonchev–Trinajstić information content (AvgIpc) is 2.54. The fourth-order valence-corrected chi connectivity index (χ4v) is 1.65. The van der Waals surface area contributed by atoms with Crippen LogP contribution in [0.1, 0.15) is 25.7 Å². The van der Waals surface area contributed by atoms with E-state index in [9.17, 15) is 0 Å². The number of thiocarbonyl (C=S) groups is 1. The van der Waals surface area contributed by atoms with Gasteiger partial charge in [-0.25, -0.2) is 9.98 Å². The van der Waals surface area contributed by atoms with Crippen LogP contribution in [0.25, 0.3) is 0 Å². The normalized spacial score (nSPS) is 22.5. The van der Waals surface area contributed by atoms with Crippen LogP contribution in [0.4, 0.5) is 0 Å². The van der Waals surface area contributed by atoms with Gasteiger partial charge in [0.15, 0.2) is 0 Å². The summed E-state index contributed by atoms with van der Waals surface area (Å²) in [5, 5.41) is 0.469. The summed E-state index contributed by atoms with van der Waals surface area (Å²) in [4.78, 5) is 8.12. The van der Waals surface area contributed by atoms with Gasteiger partial charge < -0.3 is 0 Å². The van der Waals surface area contributed by atoms with Crippen LogP contribution in [0, 0.1) is 0 Å². The molecule has 2 nitrogen and oxygen atoms in total. The molecular weight excluding hydrogens is 168 g/mol. The van der Waals surface area contributed by atoms with Gasteiger partial charge in [0.05, 0.1) is 11.9 Å². The van der Waals surface area contributed by atoms with E-state index in [-0.39, 0.29) is 0 Å². The van der Waals surface area contributed by atoms with Crippen molar-refractivity contribution in [2.75, 3.05) is 0 Å². The second-order valence-corrected chi connectivity index (χ2v) is 3.38. The van der Waals surface area contributed by atoms with E-state index in [4.69, 9.17) is 12.2 Å². The van der Waals surface area contributed by atoms with Crippen molar-refractivity contribution >= 4 is 29.3 Å². The van der Waals surface area contributed by atoms with Crippen LogP contribution in [0.15, 0.2) is 21.6 Å². The predicted octanol–water partition coefficient (Wildman–Crippen LogP) is 2.30. The number of nitrogens with zero attached hydrogens (tertiary/aromatic N) is 2. The van der Waals surface area contributed by atoms with Crippen LogP contribution in [-0.2, 0) is 0 Å². The number of rotatable bonds is 1. The zero-order chi connectivity index (χ0) is 8.39. The highest BCUT2D eigenvalue weighted by Crippen LogP contribution is 2.19. The molecule has 0 saturated heterocycles. The van der Waals surface area contributed by atoms with Gasteiger partial charge in [0, 0.05) is 0 Å². The molecule has 0 aromatic rings. The van der Waals surface area contributed by atoms with Crippen molar-refractivity contribution in [2.45, 2.75) is 25.7 Å². The predicted molar refractivity (Wildman–Crippen MR) is 55.1 cm³/mol. The minimum Gasteiger partial charge on any atom is -0.225 e. The fourth-order valence-electron chi connectivity index (χ4n) is 1.50. The Labute approximate surface area is 77.1 Å². The Morgan fingerprint density at radius 2 is 2.25 bits per heavy atom. The highest BCUT2D eigenvalue weighted by Gasteiger charge is 2.12. The maximum atomic E-state index is 4.85. The smallest absolute Gasteiger partial charge is 0.219 e. The Hall–Kier alpha value is -0.830. The SMILES string of the molecule is S=C1N=CC(C2=CCCCC2)=N1. The minimum atomic E-state index is 0.469. The third-order valence-electron chi connectivity index (χ3n) is 2.13. The molecule has 0 fully saturated rings. The molecule has 12 heavy (non-hydrogen) atoms. The van der Waals surface area contributed by atoms with E-state index < -0.39 is 0 Å². The Balaban J connectivity index is 2.19. The maximum absolute atomic E-state index is 4.85. The van der Waals surface area contributed by atoms with Crippen LogP contribution in [0.3, 0.4) is 0 Å². The van der Waals surface area contributed by atoms with Crippen LogP contribution in [0.5, 0.6) is 0 Å². The van der Waals surface area contributed by atoms with Gasteiger partial charge in [-0.15, -0.1) is 0 Å². The van der Waals surface area contributed by atoms with Gasteiger partial charge in [0.2, 0.25) is 5.11 Å². The maximum Gasteiger partial charge on any atom is 0.219 e. The molecular formula is C9H10N2S. The molecule has 0 aromatic heterocycles. The monoisotopic (exact) mass is 178 g/mol.